The summed E-state index contributed by atoms with van der Waals surface area (Å²) in [4.78, 5) is 11.2. The number of aromatic hydroxyl groups is 1. The third-order valence-corrected chi connectivity index (χ3v) is 5.27. The lowest BCUT2D eigenvalue weighted by Crippen LogP contribution is -2.31. The van der Waals surface area contributed by atoms with Crippen molar-refractivity contribution >= 4 is 17.2 Å². The fraction of sp³-hybridized carbons (Fsp3) is 0.364. The number of phenolic OH excluding ortho intramolecular Hbond substituents is 1. The largest absolute Gasteiger partial charge is 0.507 e. The van der Waals surface area contributed by atoms with Crippen LogP contribution in [0.25, 0.3) is 22.5 Å². The number of nitrogens with one attached hydrogen (secondary N) is 1. The fourth-order valence-electron chi connectivity index (χ4n) is 3.79. The Kier molecular flexibility index (Phi) is 6.03. The molecule has 0 atom stereocenters. The van der Waals surface area contributed by atoms with Gasteiger partial charge in [0.15, 0.2) is 5.58 Å². The van der Waals surface area contributed by atoms with Gasteiger partial charge in [-0.25, -0.2) is 4.98 Å². The normalized spacial score (nSPS) is 16.4. The highest BCUT2D eigenvalue weighted by molar-refractivity contribution is 5.78. The first-order chi connectivity index (χ1) is 14.9. The number of nitrogens with zero attached hydrogens (tertiary/aromatic N) is 3. The highest BCUT2D eigenvalue weighted by atomic mass is 19.3. The van der Waals surface area contributed by atoms with Gasteiger partial charge in [-0.3, -0.25) is 4.90 Å². The molecular formula is C22H24F2N4O3. The molecule has 1 saturated heterocycles. The van der Waals surface area contributed by atoms with E-state index in [0.717, 1.165) is 38.5 Å². The zero-order valence-electron chi connectivity index (χ0n) is 17.4. The lowest BCUT2D eigenvalue weighted by atomic mass is 10.0. The average molecular weight is 430 g/mol. The van der Waals surface area contributed by atoms with Crippen molar-refractivity contribution in [3.8, 4) is 22.8 Å². The van der Waals surface area contributed by atoms with Gasteiger partial charge in [0.05, 0.1) is 5.69 Å². The lowest BCUT2D eigenvalue weighted by Gasteiger charge is -2.27. The molecule has 7 nitrogen and oxygen atoms in total. The maximum Gasteiger partial charge on any atom is 0.387 e. The monoisotopic (exact) mass is 430 g/mol. The molecule has 31 heavy (non-hydrogen) atoms. The number of pyridine rings is 1. The number of anilines is 1. The lowest BCUT2D eigenvalue weighted by molar-refractivity contribution is -0.0499. The van der Waals surface area contributed by atoms with Crippen LogP contribution in [0, 0.1) is 6.92 Å². The summed E-state index contributed by atoms with van der Waals surface area (Å²) in [6.45, 7) is 3.94. The number of alkyl halides is 2. The van der Waals surface area contributed by atoms with E-state index >= 15 is 0 Å². The molecule has 1 aliphatic heterocycles. The molecule has 1 aliphatic rings. The third kappa shape index (κ3) is 4.77. The van der Waals surface area contributed by atoms with E-state index in [2.05, 4.69) is 31.8 Å². The number of halogens is 2. The van der Waals surface area contributed by atoms with Gasteiger partial charge in [-0.1, -0.05) is 6.92 Å². The number of likely N-dealkylation sites (tertiary alicyclic amines) is 1. The van der Waals surface area contributed by atoms with E-state index in [1.54, 1.807) is 19.1 Å². The molecule has 4 rings (SSSR count). The van der Waals surface area contributed by atoms with Crippen molar-refractivity contribution in [2.75, 3.05) is 25.0 Å². The van der Waals surface area contributed by atoms with E-state index in [1.807, 2.05) is 6.20 Å². The van der Waals surface area contributed by atoms with Crippen LogP contribution in [0.4, 0.5) is 14.8 Å². The van der Waals surface area contributed by atoms with Gasteiger partial charge in [0.25, 0.3) is 0 Å². The van der Waals surface area contributed by atoms with Crippen LogP contribution < -0.4 is 10.1 Å². The standard InChI is InChI=1S/C22H24F2N4O3/c1-3-28-8-4-5-14(12-28)11-25-22-27-20-18(31-22)7-6-16(26-20)19-13(2)9-15(10-17(19)29)30-21(23)24/h6-7,9-11,21,29H,3-5,8,12H2,1-2H3,(H,25,26,27). The number of ether oxygens (including phenoxy) is 1. The highest BCUT2D eigenvalue weighted by Crippen LogP contribution is 2.36. The predicted octanol–water partition coefficient (Wildman–Crippen LogP) is 4.92. The van der Waals surface area contributed by atoms with Gasteiger partial charge in [-0.2, -0.15) is 13.8 Å². The minimum Gasteiger partial charge on any atom is -0.507 e. The molecule has 0 spiro atoms. The van der Waals surface area contributed by atoms with Crippen LogP contribution in [0.5, 0.6) is 11.5 Å². The van der Waals surface area contributed by atoms with Crippen molar-refractivity contribution in [3.05, 3.63) is 41.6 Å². The van der Waals surface area contributed by atoms with E-state index < -0.39 is 6.61 Å². The molecule has 3 aromatic rings. The molecule has 3 heterocycles. The van der Waals surface area contributed by atoms with E-state index in [1.165, 1.54) is 11.6 Å². The summed E-state index contributed by atoms with van der Waals surface area (Å²) in [5.74, 6) is -0.313. The molecule has 1 aromatic carbocycles. The molecule has 9 heteroatoms. The molecule has 164 valence electrons. The predicted molar refractivity (Wildman–Crippen MR) is 113 cm³/mol. The number of hydrogen-bond donors (Lipinski definition) is 2. The number of rotatable bonds is 6. The molecule has 0 unspecified atom stereocenters. The van der Waals surface area contributed by atoms with E-state index in [0.29, 0.717) is 34.1 Å². The summed E-state index contributed by atoms with van der Waals surface area (Å²) in [6, 6.07) is 6.31. The number of phenols is 1. The second kappa shape index (κ2) is 8.89. The maximum absolute atomic E-state index is 12.5. The molecule has 0 bridgehead atoms. The fourth-order valence-corrected chi connectivity index (χ4v) is 3.79. The van der Waals surface area contributed by atoms with Gasteiger partial charge in [0, 0.05) is 24.4 Å². The minimum absolute atomic E-state index is 0.111. The summed E-state index contributed by atoms with van der Waals surface area (Å²) >= 11 is 0. The number of aromatic nitrogens is 2. The molecule has 0 amide bonds. The van der Waals surface area contributed by atoms with Crippen LogP contribution in [-0.4, -0.2) is 46.2 Å². The third-order valence-electron chi connectivity index (χ3n) is 5.27. The summed E-state index contributed by atoms with van der Waals surface area (Å²) in [5.41, 5.74) is 3.59. The summed E-state index contributed by atoms with van der Waals surface area (Å²) < 4.78 is 35.0. The van der Waals surface area contributed by atoms with Crippen LogP contribution in [0.15, 0.2) is 40.5 Å². The van der Waals surface area contributed by atoms with Gasteiger partial charge in [-0.05, 0) is 62.2 Å². The Labute approximate surface area is 178 Å². The van der Waals surface area contributed by atoms with Gasteiger partial charge in [0.2, 0.25) is 5.65 Å². The second-order valence-electron chi connectivity index (χ2n) is 7.47. The molecule has 0 saturated carbocycles. The van der Waals surface area contributed by atoms with Crippen molar-refractivity contribution in [1.29, 1.82) is 0 Å². The Bertz CT molecular complexity index is 1090. The first-order valence-electron chi connectivity index (χ1n) is 10.2. The van der Waals surface area contributed by atoms with Crippen LogP contribution in [-0.2, 0) is 0 Å². The Morgan fingerprint density at radius 2 is 2.16 bits per heavy atom. The molecule has 1 fully saturated rings. The number of benzene rings is 1. The summed E-state index contributed by atoms with van der Waals surface area (Å²) in [5, 5.41) is 13.5. The second-order valence-corrected chi connectivity index (χ2v) is 7.47. The first-order valence-corrected chi connectivity index (χ1v) is 10.2. The van der Waals surface area contributed by atoms with Crippen LogP contribution in [0.3, 0.4) is 0 Å². The van der Waals surface area contributed by atoms with Crippen LogP contribution in [0.2, 0.25) is 0 Å². The Morgan fingerprint density at radius 1 is 1.32 bits per heavy atom. The van der Waals surface area contributed by atoms with Gasteiger partial charge < -0.3 is 19.6 Å². The molecule has 0 radical (unpaired) electrons. The van der Waals surface area contributed by atoms with E-state index in [4.69, 9.17) is 4.42 Å². The Balaban J connectivity index is 1.57. The van der Waals surface area contributed by atoms with Crippen molar-refractivity contribution < 1.29 is 23.0 Å². The van der Waals surface area contributed by atoms with Crippen molar-refractivity contribution in [2.45, 2.75) is 33.3 Å². The van der Waals surface area contributed by atoms with Gasteiger partial charge in [-0.15, -0.1) is 0 Å². The number of likely N-dealkylation sites (N-methyl/N-ethyl adjacent to an activating group) is 1. The van der Waals surface area contributed by atoms with Crippen LogP contribution >= 0.6 is 0 Å². The highest BCUT2D eigenvalue weighted by Gasteiger charge is 2.17. The Morgan fingerprint density at radius 3 is 2.90 bits per heavy atom. The van der Waals surface area contributed by atoms with Crippen molar-refractivity contribution in [1.82, 2.24) is 14.9 Å². The summed E-state index contributed by atoms with van der Waals surface area (Å²) in [7, 11) is 0. The number of fused-ring (bicyclic) bond motifs is 1. The smallest absolute Gasteiger partial charge is 0.387 e. The zero-order chi connectivity index (χ0) is 22.0. The average Bonchev–Trinajstić information content (AvgIpc) is 3.14. The number of aryl methyl sites for hydroxylation is 1. The molecule has 2 N–H and O–H groups in total. The number of piperidine rings is 1. The minimum atomic E-state index is -2.96. The van der Waals surface area contributed by atoms with E-state index in [9.17, 15) is 13.9 Å². The maximum atomic E-state index is 12.5. The van der Waals surface area contributed by atoms with E-state index in [-0.39, 0.29) is 11.5 Å². The zero-order valence-corrected chi connectivity index (χ0v) is 17.4. The first kappa shape index (κ1) is 21.0. The Hall–Kier alpha value is -3.20. The topological polar surface area (TPSA) is 83.7 Å². The van der Waals surface area contributed by atoms with Crippen molar-refractivity contribution in [3.63, 3.8) is 0 Å². The number of hydrogen-bond acceptors (Lipinski definition) is 7. The van der Waals surface area contributed by atoms with Gasteiger partial charge in [0.1, 0.15) is 11.5 Å². The SMILES string of the molecule is CCN1CCCC(=CNc2nc3nc(-c4c(C)cc(OC(F)F)cc4O)ccc3o2)C1. The number of oxazole rings is 1. The molecule has 0 aliphatic carbocycles. The quantitative estimate of drug-likeness (QED) is 0.574. The molecule has 2 aromatic heterocycles. The van der Waals surface area contributed by atoms with Crippen molar-refractivity contribution in [2.24, 2.45) is 0 Å². The summed E-state index contributed by atoms with van der Waals surface area (Å²) in [6.07, 6.45) is 4.10. The van der Waals surface area contributed by atoms with Crippen LogP contribution in [0.1, 0.15) is 25.3 Å². The van der Waals surface area contributed by atoms with Gasteiger partial charge >= 0.3 is 12.6 Å². The molecular weight excluding hydrogens is 406 g/mol.